The molecule has 1 saturated heterocycles. The molecule has 2 amide bonds. The fraction of sp³-hybridized carbons (Fsp3) is 0.211. The van der Waals surface area contributed by atoms with Gasteiger partial charge < -0.3 is 4.84 Å². The van der Waals surface area contributed by atoms with Gasteiger partial charge in [0.1, 0.15) is 5.03 Å². The van der Waals surface area contributed by atoms with Crippen LogP contribution in [0, 0.1) is 0 Å². The fourth-order valence-corrected chi connectivity index (χ4v) is 4.44. The number of hydrogen-bond donors (Lipinski definition) is 0. The van der Waals surface area contributed by atoms with Crippen molar-refractivity contribution in [2.45, 2.75) is 30.0 Å². The lowest BCUT2D eigenvalue weighted by Gasteiger charge is -2.17. The SMILES string of the molecule is C=C(ON1C(=O)CCC1=O)c1ccc(C(C)SSc2ccccn2)cc1. The van der Waals surface area contributed by atoms with Crippen LogP contribution in [-0.4, -0.2) is 21.9 Å². The highest BCUT2D eigenvalue weighted by Gasteiger charge is 2.31. The number of amides is 2. The van der Waals surface area contributed by atoms with Crippen molar-refractivity contribution in [2.75, 3.05) is 0 Å². The van der Waals surface area contributed by atoms with Crippen LogP contribution in [0.3, 0.4) is 0 Å². The minimum absolute atomic E-state index is 0.188. The molecule has 0 N–H and O–H groups in total. The molecule has 26 heavy (non-hydrogen) atoms. The fourth-order valence-electron chi connectivity index (χ4n) is 2.33. The Bertz CT molecular complexity index is 793. The van der Waals surface area contributed by atoms with E-state index in [1.54, 1.807) is 27.8 Å². The predicted octanol–water partition coefficient (Wildman–Crippen LogP) is 4.63. The number of carbonyl (C=O) groups is 2. The summed E-state index contributed by atoms with van der Waals surface area (Å²) < 4.78 is 0. The highest BCUT2D eigenvalue weighted by molar-refractivity contribution is 8.76. The third-order valence-electron chi connectivity index (χ3n) is 3.82. The third-order valence-corrected chi connectivity index (χ3v) is 6.56. The Morgan fingerprint density at radius 2 is 1.85 bits per heavy atom. The van der Waals surface area contributed by atoms with Crippen LogP contribution in [0.2, 0.25) is 0 Å². The van der Waals surface area contributed by atoms with Gasteiger partial charge in [0.15, 0.2) is 5.76 Å². The lowest BCUT2D eigenvalue weighted by Crippen LogP contribution is -2.28. The second-order valence-corrected chi connectivity index (χ2v) is 8.27. The summed E-state index contributed by atoms with van der Waals surface area (Å²) in [6, 6.07) is 13.6. The molecule has 2 aromatic rings. The molecule has 0 spiro atoms. The largest absolute Gasteiger partial charge is 0.369 e. The van der Waals surface area contributed by atoms with Crippen LogP contribution >= 0.6 is 21.6 Å². The number of rotatable bonds is 7. The van der Waals surface area contributed by atoms with E-state index in [4.69, 9.17) is 4.84 Å². The molecule has 0 saturated carbocycles. The van der Waals surface area contributed by atoms with Crippen molar-refractivity contribution in [3.63, 3.8) is 0 Å². The highest BCUT2D eigenvalue weighted by atomic mass is 33.1. The molecule has 0 bridgehead atoms. The van der Waals surface area contributed by atoms with Gasteiger partial charge in [0, 0.05) is 29.9 Å². The molecule has 0 aliphatic carbocycles. The summed E-state index contributed by atoms with van der Waals surface area (Å²) in [5, 5.41) is 2.05. The lowest BCUT2D eigenvalue weighted by molar-refractivity contribution is -0.169. The van der Waals surface area contributed by atoms with Gasteiger partial charge in [0.25, 0.3) is 11.8 Å². The van der Waals surface area contributed by atoms with Gasteiger partial charge in [-0.15, -0.1) is 5.06 Å². The molecule has 5 nitrogen and oxygen atoms in total. The normalized spacial score (nSPS) is 15.2. The maximum absolute atomic E-state index is 11.6. The van der Waals surface area contributed by atoms with E-state index in [1.165, 1.54) is 0 Å². The summed E-state index contributed by atoms with van der Waals surface area (Å²) in [6.07, 6.45) is 2.16. The van der Waals surface area contributed by atoms with Crippen LogP contribution in [0.4, 0.5) is 0 Å². The molecule has 3 rings (SSSR count). The molecule has 1 atom stereocenters. The molecule has 0 radical (unpaired) electrons. The average Bonchev–Trinajstić information content (AvgIpc) is 2.99. The lowest BCUT2D eigenvalue weighted by atomic mass is 10.1. The maximum atomic E-state index is 11.6. The molecule has 1 aromatic heterocycles. The van der Waals surface area contributed by atoms with Gasteiger partial charge in [-0.05, 0) is 35.4 Å². The van der Waals surface area contributed by atoms with Crippen LogP contribution in [0.5, 0.6) is 0 Å². The van der Waals surface area contributed by atoms with Crippen molar-refractivity contribution in [2.24, 2.45) is 0 Å². The molecule has 7 heteroatoms. The molecule has 134 valence electrons. The first-order chi connectivity index (χ1) is 12.5. The number of hydrogen-bond acceptors (Lipinski definition) is 6. The van der Waals surface area contributed by atoms with Crippen molar-refractivity contribution in [1.29, 1.82) is 0 Å². The van der Waals surface area contributed by atoms with E-state index in [0.717, 1.165) is 21.2 Å². The maximum Gasteiger partial charge on any atom is 0.263 e. The van der Waals surface area contributed by atoms with E-state index < -0.39 is 0 Å². The number of imide groups is 1. The molecule has 1 unspecified atom stereocenters. The van der Waals surface area contributed by atoms with E-state index in [1.807, 2.05) is 42.5 Å². The molecule has 2 heterocycles. The van der Waals surface area contributed by atoms with E-state index in [-0.39, 0.29) is 35.7 Å². The minimum Gasteiger partial charge on any atom is -0.369 e. The van der Waals surface area contributed by atoms with Crippen LogP contribution in [0.1, 0.15) is 36.1 Å². The van der Waals surface area contributed by atoms with Gasteiger partial charge in [-0.3, -0.25) is 9.59 Å². The van der Waals surface area contributed by atoms with E-state index in [9.17, 15) is 9.59 Å². The van der Waals surface area contributed by atoms with Gasteiger partial charge in [0.05, 0.1) is 0 Å². The molecule has 1 fully saturated rings. The van der Waals surface area contributed by atoms with E-state index in [2.05, 4.69) is 18.5 Å². The summed E-state index contributed by atoms with van der Waals surface area (Å²) in [5.74, 6) is -0.378. The zero-order valence-electron chi connectivity index (χ0n) is 14.3. The Morgan fingerprint density at radius 3 is 2.46 bits per heavy atom. The van der Waals surface area contributed by atoms with Crippen molar-refractivity contribution in [3.8, 4) is 0 Å². The summed E-state index contributed by atoms with van der Waals surface area (Å²) in [5.41, 5.74) is 1.89. The average molecular weight is 386 g/mol. The minimum atomic E-state index is -0.329. The predicted molar refractivity (Wildman–Crippen MR) is 104 cm³/mol. The Balaban J connectivity index is 1.58. The van der Waals surface area contributed by atoms with Crippen molar-refractivity contribution >= 4 is 39.2 Å². The van der Waals surface area contributed by atoms with Crippen molar-refractivity contribution in [1.82, 2.24) is 10.0 Å². The highest BCUT2D eigenvalue weighted by Crippen LogP contribution is 2.41. The van der Waals surface area contributed by atoms with Crippen LogP contribution in [0.15, 0.2) is 60.3 Å². The monoisotopic (exact) mass is 386 g/mol. The van der Waals surface area contributed by atoms with Gasteiger partial charge in [0.2, 0.25) is 0 Å². The van der Waals surface area contributed by atoms with Gasteiger partial charge in [-0.2, -0.15) is 0 Å². The first-order valence-electron chi connectivity index (χ1n) is 8.12. The summed E-state index contributed by atoms with van der Waals surface area (Å²) in [7, 11) is 3.36. The molecular weight excluding hydrogens is 368 g/mol. The Labute approximate surface area is 160 Å². The number of benzene rings is 1. The van der Waals surface area contributed by atoms with Crippen LogP contribution in [-0.2, 0) is 14.4 Å². The smallest absolute Gasteiger partial charge is 0.263 e. The third kappa shape index (κ3) is 4.47. The van der Waals surface area contributed by atoms with Gasteiger partial charge in [-0.25, -0.2) is 4.98 Å². The van der Waals surface area contributed by atoms with Crippen LogP contribution < -0.4 is 0 Å². The molecule has 1 aliphatic rings. The zero-order valence-corrected chi connectivity index (χ0v) is 15.9. The number of pyridine rings is 1. The van der Waals surface area contributed by atoms with Gasteiger partial charge in [-0.1, -0.05) is 47.7 Å². The van der Waals surface area contributed by atoms with E-state index >= 15 is 0 Å². The summed E-state index contributed by atoms with van der Waals surface area (Å²) in [4.78, 5) is 32.9. The topological polar surface area (TPSA) is 59.5 Å². The number of aromatic nitrogens is 1. The van der Waals surface area contributed by atoms with E-state index in [0.29, 0.717) is 0 Å². The number of hydroxylamine groups is 2. The first kappa shape index (κ1) is 18.5. The molecular formula is C19H18N2O3S2. The van der Waals surface area contributed by atoms with Crippen LogP contribution in [0.25, 0.3) is 5.76 Å². The number of carbonyl (C=O) groups excluding carboxylic acids is 2. The second-order valence-electron chi connectivity index (χ2n) is 5.71. The van der Waals surface area contributed by atoms with Gasteiger partial charge >= 0.3 is 0 Å². The molecule has 1 aromatic carbocycles. The zero-order chi connectivity index (χ0) is 18.5. The Morgan fingerprint density at radius 1 is 1.15 bits per heavy atom. The Kier molecular flexibility index (Phi) is 6.00. The summed E-state index contributed by atoms with van der Waals surface area (Å²) in [6.45, 7) is 5.95. The first-order valence-corrected chi connectivity index (χ1v) is 10.3. The second kappa shape index (κ2) is 8.42. The summed E-state index contributed by atoms with van der Waals surface area (Å²) >= 11 is 0. The molecule has 1 aliphatic heterocycles. The standard InChI is InChI=1S/C19H18N2O3S2/c1-13(24-21-18(22)10-11-19(21)23)15-6-8-16(9-7-15)14(2)25-26-17-5-3-4-12-20-17/h3-9,12,14H,1,10-11H2,2H3. The van der Waals surface area contributed by atoms with Crippen molar-refractivity contribution in [3.05, 3.63) is 66.4 Å². The Hall–Kier alpha value is -2.25. The number of nitrogens with zero attached hydrogens (tertiary/aromatic N) is 2. The quantitative estimate of drug-likeness (QED) is 0.393. The van der Waals surface area contributed by atoms with Crippen molar-refractivity contribution < 1.29 is 14.4 Å².